The van der Waals surface area contributed by atoms with Gasteiger partial charge >= 0.3 is 13.0 Å². The van der Waals surface area contributed by atoms with Gasteiger partial charge in [0.2, 0.25) is 0 Å². The number of aromatic nitrogens is 8. The minimum absolute atomic E-state index is 0.0185. The number of fused-ring (bicyclic) bond motifs is 2. The summed E-state index contributed by atoms with van der Waals surface area (Å²) in [6.07, 6.45) is 10.5. The maximum atomic E-state index is 13.3. The van der Waals surface area contributed by atoms with Crippen LogP contribution < -0.4 is 11.1 Å². The number of nitrogens with one attached hydrogen (secondary N) is 1. The Kier molecular flexibility index (Phi) is 14.0. The van der Waals surface area contributed by atoms with E-state index in [1.54, 1.807) is 74.1 Å². The number of pyridine rings is 2. The van der Waals surface area contributed by atoms with E-state index in [-0.39, 0.29) is 23.4 Å². The number of thiophene rings is 2. The number of hydrogen-bond acceptors (Lipinski definition) is 14. The highest BCUT2D eigenvalue weighted by Crippen LogP contribution is 2.29. The Morgan fingerprint density at radius 2 is 1.41 bits per heavy atom. The maximum absolute atomic E-state index is 13.3. The van der Waals surface area contributed by atoms with Gasteiger partial charge in [-0.15, -0.1) is 22.7 Å². The third-order valence-corrected chi connectivity index (χ3v) is 12.8. The summed E-state index contributed by atoms with van der Waals surface area (Å²) in [6.45, 7) is 2.76. The number of rotatable bonds is 11. The average molecular weight is 904 g/mol. The van der Waals surface area contributed by atoms with E-state index < -0.39 is 25.4 Å². The lowest BCUT2D eigenvalue weighted by atomic mass is 9.84. The van der Waals surface area contributed by atoms with Gasteiger partial charge < -0.3 is 26.0 Å². The summed E-state index contributed by atoms with van der Waals surface area (Å²) in [6, 6.07) is 18.4. The SMILES string of the molecule is CB(O)N1C[C@@H](F)C[C@H]1CN.O=C(CC[C@@H]1C[C@H](F)CN1)c1ccnc(-c2cnn3ccc(-c4cccs4)nc23)c1.O=C(O)c1ccnc(-c2cnn3ccc(-c4cccs4)nc23)c1. The molecule has 15 nitrogen and oxygen atoms in total. The molecule has 8 aromatic heterocycles. The van der Waals surface area contributed by atoms with E-state index in [0.717, 1.165) is 26.7 Å². The number of ketones is 1. The number of carboxylic acids is 1. The highest BCUT2D eigenvalue weighted by Gasteiger charge is 2.35. The first kappa shape index (κ1) is 44.5. The second-order valence-corrected chi connectivity index (χ2v) is 17.2. The summed E-state index contributed by atoms with van der Waals surface area (Å²) in [5, 5.41) is 34.1. The number of aromatic carboxylic acids is 1. The Balaban J connectivity index is 0.000000145. The highest BCUT2D eigenvalue weighted by molar-refractivity contribution is 7.13. The highest BCUT2D eigenvalue weighted by atomic mass is 32.1. The van der Waals surface area contributed by atoms with Crippen molar-refractivity contribution >= 4 is 52.8 Å². The van der Waals surface area contributed by atoms with Crippen LogP contribution in [-0.4, -0.2) is 117 Å². The van der Waals surface area contributed by atoms with E-state index >= 15 is 0 Å². The van der Waals surface area contributed by atoms with Gasteiger partial charge in [0, 0.05) is 68.5 Å². The van der Waals surface area contributed by atoms with E-state index in [0.29, 0.717) is 79.1 Å². The van der Waals surface area contributed by atoms with E-state index in [9.17, 15) is 23.4 Å². The van der Waals surface area contributed by atoms with Gasteiger partial charge in [-0.1, -0.05) is 12.1 Å². The molecule has 0 bridgehead atoms. The molecule has 2 aliphatic rings. The lowest BCUT2D eigenvalue weighted by Crippen LogP contribution is -2.44. The number of carboxylic acid groups (broad SMARTS) is 1. The number of nitrogens with two attached hydrogens (primary N) is 1. The number of alkyl halides is 2. The molecule has 2 saturated heterocycles. The minimum atomic E-state index is -0.989. The van der Waals surface area contributed by atoms with Crippen LogP contribution in [0.25, 0.3) is 55.0 Å². The Bertz CT molecular complexity index is 2840. The molecule has 10 heterocycles. The molecule has 0 unspecified atom stereocenters. The zero-order chi connectivity index (χ0) is 44.7. The third kappa shape index (κ3) is 10.3. The Morgan fingerprint density at radius 1 is 0.828 bits per heavy atom. The van der Waals surface area contributed by atoms with Gasteiger partial charge in [-0.2, -0.15) is 10.2 Å². The first-order valence-corrected chi connectivity index (χ1v) is 22.4. The molecule has 8 aromatic rings. The van der Waals surface area contributed by atoms with Crippen molar-refractivity contribution in [3.8, 4) is 43.7 Å². The molecular formula is C44H44BF2N11O4S2. The predicted molar refractivity (Wildman–Crippen MR) is 244 cm³/mol. The van der Waals surface area contributed by atoms with Crippen molar-refractivity contribution in [2.45, 2.75) is 56.9 Å². The zero-order valence-electron chi connectivity index (χ0n) is 34.6. The quantitative estimate of drug-likeness (QED) is 0.0775. The molecule has 20 heteroatoms. The molecule has 10 rings (SSSR count). The first-order valence-electron chi connectivity index (χ1n) is 20.7. The fourth-order valence-electron chi connectivity index (χ4n) is 7.70. The Labute approximate surface area is 374 Å². The standard InChI is InChI=1S/C22H20FN5OS.C16H10N4O2S.C6H14BFN2O/c23-15-11-16(25-12-15)3-4-20(29)14-5-7-24-19(10-14)17-13-26-28-8-6-18(27-22(17)28)21-2-1-9-30-21;21-16(22)10-3-5-17-13(8-10)11-9-18-20-6-4-12(19-15(11)20)14-2-1-7-23-14;1-7(11)10-4-5(8)2-6(10)3-9/h1-2,5-10,13,15-16,25H,3-4,11-12H2;1-9H,(H,21,22);5-6,11H,2-4,9H2,1H3/t15-,16+;;5-,6-/m0.0/s1. The number of carbonyl (C=O) groups excluding carboxylic acids is 1. The summed E-state index contributed by atoms with van der Waals surface area (Å²) in [7, 11) is -0.579. The van der Waals surface area contributed by atoms with Crippen molar-refractivity contribution in [3.63, 3.8) is 0 Å². The molecular weight excluding hydrogens is 859 g/mol. The molecule has 0 amide bonds. The van der Waals surface area contributed by atoms with Gasteiger partial charge in [0.1, 0.15) is 12.3 Å². The molecule has 0 spiro atoms. The number of carbonyl (C=O) groups is 2. The molecule has 0 aliphatic carbocycles. The molecule has 4 atom stereocenters. The van der Waals surface area contributed by atoms with Crippen LogP contribution >= 0.6 is 22.7 Å². The molecule has 0 saturated carbocycles. The van der Waals surface area contributed by atoms with E-state index in [2.05, 4.69) is 30.5 Å². The van der Waals surface area contributed by atoms with E-state index in [1.165, 1.54) is 18.3 Å². The second kappa shape index (κ2) is 20.1. The van der Waals surface area contributed by atoms with Crippen molar-refractivity contribution in [2.24, 2.45) is 5.73 Å². The zero-order valence-corrected chi connectivity index (χ0v) is 36.2. The Hall–Kier alpha value is -6.16. The van der Waals surface area contributed by atoms with Crippen LogP contribution in [0.5, 0.6) is 0 Å². The third-order valence-electron chi connectivity index (χ3n) is 11.0. The van der Waals surface area contributed by atoms with Crippen molar-refractivity contribution in [1.82, 2.24) is 49.3 Å². The molecule has 2 aliphatic heterocycles. The molecule has 0 radical (unpaired) electrons. The van der Waals surface area contributed by atoms with Crippen LogP contribution in [0.1, 0.15) is 46.4 Å². The van der Waals surface area contributed by atoms with Gasteiger partial charge in [-0.05, 0) is 85.4 Å². The predicted octanol–water partition coefficient (Wildman–Crippen LogP) is 6.87. The van der Waals surface area contributed by atoms with Gasteiger partial charge in [0.15, 0.2) is 17.1 Å². The van der Waals surface area contributed by atoms with Crippen molar-refractivity contribution < 1.29 is 28.5 Å². The van der Waals surface area contributed by atoms with Crippen LogP contribution in [0.4, 0.5) is 8.78 Å². The lowest BCUT2D eigenvalue weighted by Gasteiger charge is -2.22. The van der Waals surface area contributed by atoms with Crippen molar-refractivity contribution in [1.29, 1.82) is 0 Å². The fraction of sp³-hybridized carbons (Fsp3) is 0.273. The normalized spacial score (nSPS) is 18.4. The molecule has 5 N–H and O–H groups in total. The summed E-state index contributed by atoms with van der Waals surface area (Å²) < 4.78 is 29.4. The van der Waals surface area contributed by atoms with Crippen LogP contribution in [-0.2, 0) is 0 Å². The van der Waals surface area contributed by atoms with Crippen LogP contribution in [0.3, 0.4) is 0 Å². The minimum Gasteiger partial charge on any atom is -0.478 e. The van der Waals surface area contributed by atoms with Gasteiger partial charge in [0.25, 0.3) is 0 Å². The first-order chi connectivity index (χ1) is 31.0. The summed E-state index contributed by atoms with van der Waals surface area (Å²) in [4.78, 5) is 45.8. The smallest absolute Gasteiger partial charge is 0.376 e. The van der Waals surface area contributed by atoms with Crippen LogP contribution in [0.15, 0.2) is 109 Å². The number of Topliss-reactive ketones (excluding diaryl/α,β-unsaturated/α-hetero) is 1. The van der Waals surface area contributed by atoms with E-state index in [1.807, 2.05) is 59.6 Å². The maximum Gasteiger partial charge on any atom is 0.376 e. The Morgan fingerprint density at radius 3 is 1.89 bits per heavy atom. The summed E-state index contributed by atoms with van der Waals surface area (Å²) >= 11 is 3.24. The van der Waals surface area contributed by atoms with Crippen LogP contribution in [0, 0.1) is 0 Å². The van der Waals surface area contributed by atoms with Crippen molar-refractivity contribution in [2.75, 3.05) is 19.6 Å². The molecule has 64 heavy (non-hydrogen) atoms. The van der Waals surface area contributed by atoms with Gasteiger partial charge in [-0.3, -0.25) is 14.8 Å². The van der Waals surface area contributed by atoms with Gasteiger partial charge in [0.05, 0.1) is 61.6 Å². The van der Waals surface area contributed by atoms with Crippen molar-refractivity contribution in [3.05, 3.63) is 120 Å². The summed E-state index contributed by atoms with van der Waals surface area (Å²) in [5.41, 5.74) is 11.9. The summed E-state index contributed by atoms with van der Waals surface area (Å²) in [5.74, 6) is -0.955. The number of hydrogen-bond donors (Lipinski definition) is 4. The van der Waals surface area contributed by atoms with Gasteiger partial charge in [-0.25, -0.2) is 32.6 Å². The largest absolute Gasteiger partial charge is 0.478 e. The monoisotopic (exact) mass is 903 g/mol. The second-order valence-electron chi connectivity index (χ2n) is 15.3. The molecule has 328 valence electrons. The average Bonchev–Trinajstić information content (AvgIpc) is 4.17. The van der Waals surface area contributed by atoms with Crippen LogP contribution in [0.2, 0.25) is 6.82 Å². The molecule has 0 aromatic carbocycles. The van der Waals surface area contributed by atoms with E-state index in [4.69, 9.17) is 15.8 Å². The fourth-order valence-corrected chi connectivity index (χ4v) is 9.09. The number of halogens is 2. The number of nitrogens with zero attached hydrogens (tertiary/aromatic N) is 9. The topological polar surface area (TPSA) is 202 Å². The lowest BCUT2D eigenvalue weighted by molar-refractivity contribution is 0.0696. The molecule has 2 fully saturated rings.